The molecule has 3 rings (SSSR count). The normalized spacial score (nSPS) is 20.7. The molecule has 2 aliphatic rings. The monoisotopic (exact) mass is 283 g/mol. The third-order valence-corrected chi connectivity index (χ3v) is 5.04. The van der Waals surface area contributed by atoms with E-state index in [0.29, 0.717) is 17.1 Å². The molecule has 1 heterocycles. The van der Waals surface area contributed by atoms with Gasteiger partial charge in [0.15, 0.2) is 21.3 Å². The van der Waals surface area contributed by atoms with E-state index in [4.69, 9.17) is 15.2 Å². The molecule has 19 heavy (non-hydrogen) atoms. The van der Waals surface area contributed by atoms with E-state index in [2.05, 4.69) is 0 Å². The third-order valence-electron chi connectivity index (χ3n) is 3.91. The van der Waals surface area contributed by atoms with Gasteiger partial charge >= 0.3 is 0 Å². The van der Waals surface area contributed by atoms with E-state index in [1.54, 1.807) is 12.1 Å². The highest BCUT2D eigenvalue weighted by atomic mass is 32.2. The molecule has 1 aromatic carbocycles. The first-order chi connectivity index (χ1) is 8.90. The lowest BCUT2D eigenvalue weighted by atomic mass is 9.89. The first-order valence-corrected chi connectivity index (χ1v) is 8.22. The minimum absolute atomic E-state index is 0.125. The molecule has 5 nitrogen and oxygen atoms in total. The topological polar surface area (TPSA) is 78.6 Å². The highest BCUT2D eigenvalue weighted by Crippen LogP contribution is 2.44. The smallest absolute Gasteiger partial charge is 0.231 e. The Hall–Kier alpha value is -1.27. The quantitative estimate of drug-likeness (QED) is 0.891. The Kier molecular flexibility index (Phi) is 2.76. The summed E-state index contributed by atoms with van der Waals surface area (Å²) in [4.78, 5) is 0.265. The molecular weight excluding hydrogens is 266 g/mol. The molecule has 0 bridgehead atoms. The van der Waals surface area contributed by atoms with Crippen molar-refractivity contribution in [3.05, 3.63) is 17.7 Å². The number of hydrogen-bond acceptors (Lipinski definition) is 5. The summed E-state index contributed by atoms with van der Waals surface area (Å²) in [6, 6.07) is 3.28. The van der Waals surface area contributed by atoms with Crippen molar-refractivity contribution >= 4 is 9.84 Å². The van der Waals surface area contributed by atoms with E-state index in [9.17, 15) is 8.42 Å². The van der Waals surface area contributed by atoms with Crippen LogP contribution in [0.25, 0.3) is 0 Å². The van der Waals surface area contributed by atoms with Crippen molar-refractivity contribution in [3.63, 3.8) is 0 Å². The van der Waals surface area contributed by atoms with Crippen molar-refractivity contribution in [2.75, 3.05) is 13.0 Å². The molecule has 0 radical (unpaired) electrons. The predicted molar refractivity (Wildman–Crippen MR) is 70.0 cm³/mol. The van der Waals surface area contributed by atoms with Crippen molar-refractivity contribution in [2.24, 2.45) is 5.73 Å². The number of benzene rings is 1. The zero-order valence-electron chi connectivity index (χ0n) is 10.8. The average Bonchev–Trinajstić information content (AvgIpc) is 2.94. The van der Waals surface area contributed by atoms with Crippen LogP contribution in [0.2, 0.25) is 0 Å². The van der Waals surface area contributed by atoms with E-state index < -0.39 is 15.4 Å². The maximum atomic E-state index is 12.0. The Morgan fingerprint density at radius 2 is 1.74 bits per heavy atom. The summed E-state index contributed by atoms with van der Waals surface area (Å²) in [5.41, 5.74) is 6.50. The van der Waals surface area contributed by atoms with Crippen LogP contribution in [-0.4, -0.2) is 21.5 Å². The Morgan fingerprint density at radius 3 is 2.32 bits per heavy atom. The minimum atomic E-state index is -3.35. The van der Waals surface area contributed by atoms with Crippen molar-refractivity contribution in [3.8, 4) is 11.5 Å². The van der Waals surface area contributed by atoms with Gasteiger partial charge in [0, 0.05) is 17.9 Å². The maximum absolute atomic E-state index is 12.0. The largest absolute Gasteiger partial charge is 0.454 e. The lowest BCUT2D eigenvalue weighted by molar-refractivity contribution is 0.174. The van der Waals surface area contributed by atoms with E-state index in [-0.39, 0.29) is 11.7 Å². The van der Waals surface area contributed by atoms with Crippen LogP contribution in [0.1, 0.15) is 31.2 Å². The molecule has 0 amide bonds. The van der Waals surface area contributed by atoms with Gasteiger partial charge in [0.1, 0.15) is 0 Å². The van der Waals surface area contributed by atoms with Crippen LogP contribution >= 0.6 is 0 Å². The molecule has 0 spiro atoms. The summed E-state index contributed by atoms with van der Waals surface area (Å²) in [6.45, 7) is 0.125. The van der Waals surface area contributed by atoms with Crippen LogP contribution in [-0.2, 0) is 15.4 Å². The summed E-state index contributed by atoms with van der Waals surface area (Å²) in [5, 5.41) is 0. The second kappa shape index (κ2) is 4.11. The van der Waals surface area contributed by atoms with Gasteiger partial charge < -0.3 is 15.2 Å². The van der Waals surface area contributed by atoms with Crippen molar-refractivity contribution in [1.29, 1.82) is 0 Å². The molecule has 1 aliphatic carbocycles. The van der Waals surface area contributed by atoms with Crippen molar-refractivity contribution in [2.45, 2.75) is 36.1 Å². The van der Waals surface area contributed by atoms with Gasteiger partial charge in [0.05, 0.1) is 4.90 Å². The summed E-state index contributed by atoms with van der Waals surface area (Å²) in [7, 11) is -3.35. The zero-order valence-corrected chi connectivity index (χ0v) is 11.6. The molecule has 0 saturated heterocycles. The van der Waals surface area contributed by atoms with Gasteiger partial charge in [-0.25, -0.2) is 8.42 Å². The number of rotatable bonds is 2. The van der Waals surface area contributed by atoms with Gasteiger partial charge in [-0.15, -0.1) is 0 Å². The maximum Gasteiger partial charge on any atom is 0.231 e. The van der Waals surface area contributed by atoms with Crippen LogP contribution in [0.5, 0.6) is 11.5 Å². The summed E-state index contributed by atoms with van der Waals surface area (Å²) < 4.78 is 34.6. The van der Waals surface area contributed by atoms with E-state index in [1.807, 2.05) is 0 Å². The van der Waals surface area contributed by atoms with Gasteiger partial charge in [0.2, 0.25) is 6.79 Å². The molecular formula is C13H17NO4S. The van der Waals surface area contributed by atoms with Gasteiger partial charge in [-0.2, -0.15) is 0 Å². The van der Waals surface area contributed by atoms with Crippen LogP contribution in [0, 0.1) is 0 Å². The second-order valence-electron chi connectivity index (χ2n) is 5.34. The Labute approximate surface area is 112 Å². The third kappa shape index (κ3) is 2.08. The first-order valence-electron chi connectivity index (χ1n) is 6.33. The fourth-order valence-electron chi connectivity index (χ4n) is 2.89. The Morgan fingerprint density at radius 1 is 1.16 bits per heavy atom. The highest BCUT2D eigenvalue weighted by Gasteiger charge is 2.37. The fourth-order valence-corrected chi connectivity index (χ4v) is 3.88. The van der Waals surface area contributed by atoms with Crippen LogP contribution < -0.4 is 15.2 Å². The molecule has 104 valence electrons. The summed E-state index contributed by atoms with van der Waals surface area (Å²) >= 11 is 0. The predicted octanol–water partition coefficient (Wildman–Crippen LogP) is 1.55. The Bertz CT molecular complexity index is 618. The fraction of sp³-hybridized carbons (Fsp3) is 0.538. The summed E-state index contributed by atoms with van der Waals surface area (Å²) in [5.74, 6) is 1.06. The number of sulfone groups is 1. The SMILES string of the molecule is CS(=O)(=O)c1cc2c(cc1C1(N)CCCC1)OCO2. The lowest BCUT2D eigenvalue weighted by Crippen LogP contribution is -2.34. The average molecular weight is 283 g/mol. The van der Waals surface area contributed by atoms with E-state index in [1.165, 1.54) is 6.26 Å². The summed E-state index contributed by atoms with van der Waals surface area (Å²) in [6.07, 6.45) is 4.85. The minimum Gasteiger partial charge on any atom is -0.454 e. The molecule has 0 aromatic heterocycles. The highest BCUT2D eigenvalue weighted by molar-refractivity contribution is 7.90. The van der Waals surface area contributed by atoms with Crippen LogP contribution in [0.3, 0.4) is 0 Å². The lowest BCUT2D eigenvalue weighted by Gasteiger charge is -2.26. The van der Waals surface area contributed by atoms with Crippen LogP contribution in [0.15, 0.2) is 17.0 Å². The molecule has 6 heteroatoms. The van der Waals surface area contributed by atoms with Gasteiger partial charge in [-0.1, -0.05) is 12.8 Å². The first kappa shape index (κ1) is 12.7. The Balaban J connectivity index is 2.22. The number of hydrogen-bond donors (Lipinski definition) is 1. The van der Waals surface area contributed by atoms with Crippen molar-refractivity contribution < 1.29 is 17.9 Å². The molecule has 1 saturated carbocycles. The number of nitrogens with two attached hydrogens (primary N) is 1. The van der Waals surface area contributed by atoms with E-state index in [0.717, 1.165) is 25.7 Å². The molecule has 1 fully saturated rings. The van der Waals surface area contributed by atoms with Crippen LogP contribution in [0.4, 0.5) is 0 Å². The molecule has 0 atom stereocenters. The van der Waals surface area contributed by atoms with Gasteiger partial charge in [-0.05, 0) is 24.5 Å². The zero-order chi connectivity index (χ0) is 13.7. The van der Waals surface area contributed by atoms with Crippen molar-refractivity contribution in [1.82, 2.24) is 0 Å². The van der Waals surface area contributed by atoms with E-state index >= 15 is 0 Å². The molecule has 0 unspecified atom stereocenters. The molecule has 2 N–H and O–H groups in total. The molecule has 1 aliphatic heterocycles. The van der Waals surface area contributed by atoms with Gasteiger partial charge in [0.25, 0.3) is 0 Å². The second-order valence-corrected chi connectivity index (χ2v) is 7.32. The number of ether oxygens (including phenoxy) is 2. The standard InChI is InChI=1S/C13H17NO4S/c1-19(15,16)12-7-11-10(17-8-18-11)6-9(12)13(14)4-2-3-5-13/h6-7H,2-5,8,14H2,1H3. The molecule has 1 aromatic rings. The van der Waals surface area contributed by atoms with Gasteiger partial charge in [-0.3, -0.25) is 0 Å². The number of fused-ring (bicyclic) bond motifs is 1.